The number of hydrogen-bond donors (Lipinski definition) is 0. The zero-order valence-corrected chi connectivity index (χ0v) is 12.3. The van der Waals surface area contributed by atoms with E-state index in [0.29, 0.717) is 11.0 Å². The molecule has 1 aliphatic carbocycles. The lowest BCUT2D eigenvalue weighted by atomic mass is 9.76. The SMILES string of the molecule is CC1(C)CC=C(c2c(C=O)cnc3ccc(F)cc23)CC1. The van der Waals surface area contributed by atoms with E-state index in [2.05, 4.69) is 24.9 Å². The zero-order valence-electron chi connectivity index (χ0n) is 12.3. The number of aromatic nitrogens is 1. The van der Waals surface area contributed by atoms with Gasteiger partial charge in [-0.2, -0.15) is 0 Å². The van der Waals surface area contributed by atoms with Gasteiger partial charge in [-0.1, -0.05) is 19.9 Å². The maximum Gasteiger partial charge on any atom is 0.152 e. The molecule has 2 nitrogen and oxygen atoms in total. The van der Waals surface area contributed by atoms with E-state index in [-0.39, 0.29) is 5.82 Å². The van der Waals surface area contributed by atoms with E-state index in [4.69, 9.17) is 0 Å². The van der Waals surface area contributed by atoms with E-state index in [1.54, 1.807) is 12.3 Å². The zero-order chi connectivity index (χ0) is 15.0. The van der Waals surface area contributed by atoms with Crippen molar-refractivity contribution in [1.82, 2.24) is 4.98 Å². The van der Waals surface area contributed by atoms with Gasteiger partial charge in [-0.05, 0) is 54.0 Å². The number of allylic oxidation sites excluding steroid dienone is 2. The minimum Gasteiger partial charge on any atom is -0.298 e. The summed E-state index contributed by atoms with van der Waals surface area (Å²) in [6.45, 7) is 4.48. The van der Waals surface area contributed by atoms with Gasteiger partial charge in [0.1, 0.15) is 5.82 Å². The number of benzene rings is 1. The molecule has 1 heterocycles. The maximum absolute atomic E-state index is 13.6. The summed E-state index contributed by atoms with van der Waals surface area (Å²) in [5.74, 6) is -0.301. The Balaban J connectivity index is 2.22. The van der Waals surface area contributed by atoms with Crippen LogP contribution in [0.5, 0.6) is 0 Å². The first-order valence-electron chi connectivity index (χ1n) is 7.23. The number of nitrogens with zero attached hydrogens (tertiary/aromatic N) is 1. The molecule has 2 aromatic rings. The highest BCUT2D eigenvalue weighted by molar-refractivity contribution is 5.99. The second kappa shape index (κ2) is 5.06. The molecule has 3 rings (SSSR count). The van der Waals surface area contributed by atoms with Crippen LogP contribution in [0.4, 0.5) is 4.39 Å². The molecule has 0 fully saturated rings. The number of carbonyl (C=O) groups is 1. The molecule has 3 heteroatoms. The minimum absolute atomic E-state index is 0.291. The van der Waals surface area contributed by atoms with Gasteiger partial charge in [0.15, 0.2) is 6.29 Å². The van der Waals surface area contributed by atoms with Crippen molar-refractivity contribution in [2.45, 2.75) is 33.1 Å². The Hall–Kier alpha value is -2.03. The lowest BCUT2D eigenvalue weighted by molar-refractivity contribution is 0.112. The average Bonchev–Trinajstić information content (AvgIpc) is 2.46. The number of carbonyl (C=O) groups excluding carboxylic acids is 1. The fraction of sp³-hybridized carbons (Fsp3) is 0.333. The molecular formula is C18H18FNO. The highest BCUT2D eigenvalue weighted by Crippen LogP contribution is 2.40. The average molecular weight is 283 g/mol. The summed E-state index contributed by atoms with van der Waals surface area (Å²) in [6.07, 6.45) is 7.53. The standard InChI is InChI=1S/C18H18FNO/c1-18(2)7-5-12(6-8-18)17-13(11-21)10-20-16-4-3-14(19)9-15(16)17/h3-5,9-11H,6-8H2,1-2H3. The van der Waals surface area contributed by atoms with Crippen LogP contribution in [0.15, 0.2) is 30.5 Å². The molecule has 1 aromatic carbocycles. The van der Waals surface area contributed by atoms with Gasteiger partial charge in [0.25, 0.3) is 0 Å². The van der Waals surface area contributed by atoms with Crippen LogP contribution >= 0.6 is 0 Å². The summed E-state index contributed by atoms with van der Waals surface area (Å²) in [6, 6.07) is 4.54. The van der Waals surface area contributed by atoms with E-state index in [1.807, 2.05) is 0 Å². The summed E-state index contributed by atoms with van der Waals surface area (Å²) in [7, 11) is 0. The monoisotopic (exact) mass is 283 g/mol. The number of aldehydes is 1. The Kier molecular flexibility index (Phi) is 3.36. The van der Waals surface area contributed by atoms with Gasteiger partial charge in [-0.25, -0.2) is 4.39 Å². The number of fused-ring (bicyclic) bond motifs is 1. The number of pyridine rings is 1. The molecule has 0 N–H and O–H groups in total. The van der Waals surface area contributed by atoms with Crippen molar-refractivity contribution in [1.29, 1.82) is 0 Å². The Labute approximate surface area is 123 Å². The molecule has 0 saturated heterocycles. The molecule has 0 unspecified atom stereocenters. The van der Waals surface area contributed by atoms with Crippen molar-refractivity contribution in [3.63, 3.8) is 0 Å². The molecule has 0 bridgehead atoms. The first-order chi connectivity index (χ1) is 10.00. The molecule has 108 valence electrons. The first kappa shape index (κ1) is 13.9. The smallest absolute Gasteiger partial charge is 0.152 e. The Morgan fingerprint density at radius 2 is 2.14 bits per heavy atom. The van der Waals surface area contributed by atoms with Gasteiger partial charge in [0, 0.05) is 17.1 Å². The first-order valence-corrected chi connectivity index (χ1v) is 7.23. The van der Waals surface area contributed by atoms with Gasteiger partial charge in [-0.15, -0.1) is 0 Å². The normalized spacial score (nSPS) is 17.6. The quantitative estimate of drug-likeness (QED) is 0.742. The Morgan fingerprint density at radius 1 is 1.33 bits per heavy atom. The molecule has 0 spiro atoms. The highest BCUT2D eigenvalue weighted by Gasteiger charge is 2.24. The molecule has 1 aliphatic rings. The van der Waals surface area contributed by atoms with Crippen molar-refractivity contribution in [2.24, 2.45) is 5.41 Å². The van der Waals surface area contributed by atoms with Gasteiger partial charge >= 0.3 is 0 Å². The van der Waals surface area contributed by atoms with E-state index in [1.165, 1.54) is 12.1 Å². The van der Waals surface area contributed by atoms with Crippen molar-refractivity contribution in [2.75, 3.05) is 0 Å². The molecule has 0 saturated carbocycles. The van der Waals surface area contributed by atoms with Crippen LogP contribution in [0.25, 0.3) is 16.5 Å². The summed E-state index contributed by atoms with van der Waals surface area (Å²) in [4.78, 5) is 15.6. The fourth-order valence-corrected chi connectivity index (χ4v) is 2.93. The Morgan fingerprint density at radius 3 is 2.81 bits per heavy atom. The Bertz CT molecular complexity index is 746. The molecule has 21 heavy (non-hydrogen) atoms. The molecule has 0 radical (unpaired) electrons. The number of halogens is 1. The van der Waals surface area contributed by atoms with Crippen LogP contribution in [0, 0.1) is 11.2 Å². The summed E-state index contributed by atoms with van der Waals surface area (Å²) in [5, 5.41) is 0.727. The van der Waals surface area contributed by atoms with E-state index in [9.17, 15) is 9.18 Å². The summed E-state index contributed by atoms with van der Waals surface area (Å²) < 4.78 is 13.6. The van der Waals surface area contributed by atoms with Crippen molar-refractivity contribution >= 4 is 22.8 Å². The maximum atomic E-state index is 13.6. The van der Waals surface area contributed by atoms with Crippen LogP contribution < -0.4 is 0 Å². The van der Waals surface area contributed by atoms with Crippen molar-refractivity contribution in [3.8, 4) is 0 Å². The van der Waals surface area contributed by atoms with Crippen LogP contribution in [0.2, 0.25) is 0 Å². The number of hydrogen-bond acceptors (Lipinski definition) is 2. The van der Waals surface area contributed by atoms with Gasteiger partial charge in [-0.3, -0.25) is 9.78 Å². The largest absolute Gasteiger partial charge is 0.298 e. The predicted molar refractivity (Wildman–Crippen MR) is 82.7 cm³/mol. The summed E-state index contributed by atoms with van der Waals surface area (Å²) in [5.41, 5.74) is 3.54. The van der Waals surface area contributed by atoms with Gasteiger partial charge in [0.2, 0.25) is 0 Å². The van der Waals surface area contributed by atoms with Crippen LogP contribution in [0.3, 0.4) is 0 Å². The lowest BCUT2D eigenvalue weighted by Gasteiger charge is -2.29. The minimum atomic E-state index is -0.301. The fourth-order valence-electron chi connectivity index (χ4n) is 2.93. The lowest BCUT2D eigenvalue weighted by Crippen LogP contribution is -2.14. The molecule has 0 atom stereocenters. The number of rotatable bonds is 2. The van der Waals surface area contributed by atoms with Crippen LogP contribution in [0.1, 0.15) is 49.0 Å². The topological polar surface area (TPSA) is 30.0 Å². The molecular weight excluding hydrogens is 265 g/mol. The van der Waals surface area contributed by atoms with Crippen LogP contribution in [-0.2, 0) is 0 Å². The molecule has 0 amide bonds. The highest BCUT2D eigenvalue weighted by atomic mass is 19.1. The second-order valence-corrected chi connectivity index (χ2v) is 6.47. The van der Waals surface area contributed by atoms with E-state index < -0.39 is 0 Å². The van der Waals surface area contributed by atoms with E-state index >= 15 is 0 Å². The third-order valence-corrected chi connectivity index (χ3v) is 4.28. The molecule has 0 aliphatic heterocycles. The second-order valence-electron chi connectivity index (χ2n) is 6.47. The van der Waals surface area contributed by atoms with Crippen molar-refractivity contribution in [3.05, 3.63) is 47.4 Å². The molecule has 1 aromatic heterocycles. The third-order valence-electron chi connectivity index (χ3n) is 4.28. The van der Waals surface area contributed by atoms with E-state index in [0.717, 1.165) is 47.6 Å². The summed E-state index contributed by atoms with van der Waals surface area (Å²) >= 11 is 0. The third kappa shape index (κ3) is 2.60. The van der Waals surface area contributed by atoms with Gasteiger partial charge in [0.05, 0.1) is 5.52 Å². The van der Waals surface area contributed by atoms with Crippen molar-refractivity contribution < 1.29 is 9.18 Å². The predicted octanol–water partition coefficient (Wildman–Crippen LogP) is 4.78. The van der Waals surface area contributed by atoms with Gasteiger partial charge < -0.3 is 0 Å². The van der Waals surface area contributed by atoms with Crippen LogP contribution in [-0.4, -0.2) is 11.3 Å².